The number of alkyl halides is 3. The van der Waals surface area contributed by atoms with Crippen molar-refractivity contribution >= 4 is 0 Å². The molecule has 2 N–H and O–H groups in total. The molecule has 0 aliphatic carbocycles. The van der Waals surface area contributed by atoms with Crippen LogP contribution in [0, 0.1) is 6.92 Å². The molecule has 0 fully saturated rings. The molecule has 104 valence electrons. The summed E-state index contributed by atoms with van der Waals surface area (Å²) in [4.78, 5) is 7.03. The molecule has 0 spiro atoms. The molecule has 0 amide bonds. The van der Waals surface area contributed by atoms with Gasteiger partial charge < -0.3 is 9.36 Å². The molecule has 0 unspecified atom stereocenters. The Morgan fingerprint density at radius 2 is 1.74 bits per heavy atom. The van der Waals surface area contributed by atoms with Crippen LogP contribution in [0.1, 0.15) is 11.5 Å². The fourth-order valence-corrected chi connectivity index (χ4v) is 1.16. The van der Waals surface area contributed by atoms with Crippen molar-refractivity contribution in [1.82, 2.24) is 10.1 Å². The van der Waals surface area contributed by atoms with Crippen molar-refractivity contribution in [2.45, 2.75) is 13.1 Å². The van der Waals surface area contributed by atoms with E-state index < -0.39 is 12.1 Å². The molecule has 0 atom stereocenters. The number of halogens is 3. The van der Waals surface area contributed by atoms with E-state index in [9.17, 15) is 13.2 Å². The van der Waals surface area contributed by atoms with Crippen LogP contribution in [0.4, 0.5) is 13.2 Å². The van der Waals surface area contributed by atoms with Crippen LogP contribution >= 0.6 is 0 Å². The zero-order chi connectivity index (χ0) is 14.5. The Bertz CT molecular complexity index is 509. The summed E-state index contributed by atoms with van der Waals surface area (Å²) in [6.07, 6.45) is -4.60. The van der Waals surface area contributed by atoms with Crippen molar-refractivity contribution in [3.8, 4) is 11.4 Å². The Balaban J connectivity index is 0.000000550. The van der Waals surface area contributed by atoms with Crippen molar-refractivity contribution in [2.75, 3.05) is 7.11 Å². The van der Waals surface area contributed by atoms with Crippen LogP contribution in [0.3, 0.4) is 0 Å². The Morgan fingerprint density at radius 1 is 1.21 bits per heavy atom. The third-order valence-electron chi connectivity index (χ3n) is 1.98. The predicted octanol–water partition coefficient (Wildman–Crippen LogP) is 2.57. The number of rotatable bonds is 1. The van der Waals surface area contributed by atoms with Crippen LogP contribution in [0.2, 0.25) is 0 Å². The molecule has 0 aliphatic heterocycles. The van der Waals surface area contributed by atoms with Gasteiger partial charge in [-0.2, -0.15) is 18.2 Å². The molecule has 8 heteroatoms. The fraction of sp³-hybridized carbons (Fsp3) is 0.273. The molecule has 0 bridgehead atoms. The summed E-state index contributed by atoms with van der Waals surface area (Å²) in [6.45, 7) is 1.88. The van der Waals surface area contributed by atoms with Crippen molar-refractivity contribution < 1.29 is 22.5 Å². The second-order valence-electron chi connectivity index (χ2n) is 3.52. The van der Waals surface area contributed by atoms with E-state index in [1.807, 2.05) is 6.92 Å². The largest absolute Gasteiger partial charge is 0.471 e. The van der Waals surface area contributed by atoms with Gasteiger partial charge in [-0.25, -0.2) is 5.90 Å². The maximum atomic E-state index is 12.2. The smallest absolute Gasteiger partial charge is 0.329 e. The van der Waals surface area contributed by atoms with Gasteiger partial charge in [0.05, 0.1) is 7.11 Å². The van der Waals surface area contributed by atoms with E-state index in [1.165, 1.54) is 7.11 Å². The molecule has 1 heterocycles. The third kappa shape index (κ3) is 4.34. The molecule has 2 rings (SSSR count). The van der Waals surface area contributed by atoms with Crippen LogP contribution in [0.25, 0.3) is 11.4 Å². The SMILES string of the molecule is CON.Cc1ccc(-c2noc(C(F)(F)F)n2)cc1. The van der Waals surface area contributed by atoms with Crippen LogP contribution in [-0.2, 0) is 11.0 Å². The van der Waals surface area contributed by atoms with Crippen LogP contribution in [0.15, 0.2) is 28.8 Å². The molecule has 0 radical (unpaired) electrons. The first kappa shape index (κ1) is 15.1. The standard InChI is InChI=1S/C10H7F3N2O.CH5NO/c1-6-2-4-7(5-3-6)8-14-9(16-15-8)10(11,12)13;1-3-2/h2-5H,1H3;2H2,1H3. The molecular weight excluding hydrogens is 263 g/mol. The average Bonchev–Trinajstić information content (AvgIpc) is 2.80. The second-order valence-corrected chi connectivity index (χ2v) is 3.52. The first-order chi connectivity index (χ1) is 8.88. The van der Waals surface area contributed by atoms with E-state index >= 15 is 0 Å². The first-order valence-corrected chi connectivity index (χ1v) is 5.09. The zero-order valence-electron chi connectivity index (χ0n) is 10.2. The molecule has 2 aromatic rings. The molecule has 0 saturated heterocycles. The molecule has 0 aliphatic rings. The van der Waals surface area contributed by atoms with Crippen molar-refractivity contribution in [2.24, 2.45) is 5.90 Å². The quantitative estimate of drug-likeness (QED) is 0.809. The summed E-state index contributed by atoms with van der Waals surface area (Å²) in [5, 5.41) is 3.28. The summed E-state index contributed by atoms with van der Waals surface area (Å²) in [6, 6.07) is 6.80. The highest BCUT2D eigenvalue weighted by molar-refractivity contribution is 5.54. The summed E-state index contributed by atoms with van der Waals surface area (Å²) in [7, 11) is 1.40. The normalized spacial score (nSPS) is 10.8. The summed E-state index contributed by atoms with van der Waals surface area (Å²) < 4.78 is 40.7. The number of aryl methyl sites for hydroxylation is 1. The maximum absolute atomic E-state index is 12.2. The van der Waals surface area contributed by atoms with Gasteiger partial charge in [0.1, 0.15) is 0 Å². The number of nitrogens with zero attached hydrogens (tertiary/aromatic N) is 2. The van der Waals surface area contributed by atoms with Gasteiger partial charge in [-0.3, -0.25) is 0 Å². The van der Waals surface area contributed by atoms with Crippen LogP contribution in [-0.4, -0.2) is 17.3 Å². The molecule has 1 aromatic heterocycles. The van der Waals surface area contributed by atoms with Gasteiger partial charge in [0, 0.05) is 5.56 Å². The van der Waals surface area contributed by atoms with Crippen molar-refractivity contribution in [1.29, 1.82) is 0 Å². The number of nitrogens with two attached hydrogens (primary N) is 1. The molecule has 1 aromatic carbocycles. The third-order valence-corrected chi connectivity index (χ3v) is 1.98. The van der Waals surface area contributed by atoms with E-state index in [4.69, 9.17) is 0 Å². The molecule has 19 heavy (non-hydrogen) atoms. The van der Waals surface area contributed by atoms with Crippen molar-refractivity contribution in [3.63, 3.8) is 0 Å². The number of hydrogen-bond acceptors (Lipinski definition) is 5. The van der Waals surface area contributed by atoms with E-state index in [2.05, 4.69) is 25.4 Å². The van der Waals surface area contributed by atoms with Gasteiger partial charge in [-0.1, -0.05) is 35.0 Å². The van der Waals surface area contributed by atoms with Crippen LogP contribution < -0.4 is 5.90 Å². The van der Waals surface area contributed by atoms with Crippen molar-refractivity contribution in [3.05, 3.63) is 35.7 Å². The average molecular weight is 275 g/mol. The maximum Gasteiger partial charge on any atom is 0.471 e. The predicted molar refractivity (Wildman–Crippen MR) is 60.7 cm³/mol. The number of hydrogen-bond donors (Lipinski definition) is 1. The minimum atomic E-state index is -4.60. The number of aromatic nitrogens is 2. The van der Waals surface area contributed by atoms with Gasteiger partial charge in [-0.05, 0) is 6.92 Å². The Hall–Kier alpha value is -1.93. The van der Waals surface area contributed by atoms with E-state index in [-0.39, 0.29) is 5.82 Å². The van der Waals surface area contributed by atoms with Gasteiger partial charge in [0.15, 0.2) is 0 Å². The van der Waals surface area contributed by atoms with Gasteiger partial charge in [-0.15, -0.1) is 0 Å². The second kappa shape index (κ2) is 6.30. The van der Waals surface area contributed by atoms with Gasteiger partial charge >= 0.3 is 12.1 Å². The lowest BCUT2D eigenvalue weighted by Crippen LogP contribution is -2.04. The molecule has 5 nitrogen and oxygen atoms in total. The van der Waals surface area contributed by atoms with E-state index in [1.54, 1.807) is 24.3 Å². The fourth-order valence-electron chi connectivity index (χ4n) is 1.16. The highest BCUT2D eigenvalue weighted by Crippen LogP contribution is 2.29. The van der Waals surface area contributed by atoms with Gasteiger partial charge in [0.2, 0.25) is 5.82 Å². The lowest BCUT2D eigenvalue weighted by molar-refractivity contribution is -0.159. The Labute approximate surface area is 107 Å². The number of benzene rings is 1. The highest BCUT2D eigenvalue weighted by atomic mass is 19.4. The van der Waals surface area contributed by atoms with E-state index in [0.717, 1.165) is 5.56 Å². The van der Waals surface area contributed by atoms with Gasteiger partial charge in [0.25, 0.3) is 0 Å². The molecular formula is C11H12F3N3O2. The Kier molecular flexibility index (Phi) is 5.02. The topological polar surface area (TPSA) is 74.2 Å². The summed E-state index contributed by atoms with van der Waals surface area (Å²) >= 11 is 0. The lowest BCUT2D eigenvalue weighted by atomic mass is 10.1. The minimum Gasteiger partial charge on any atom is -0.329 e. The van der Waals surface area contributed by atoms with E-state index in [0.29, 0.717) is 5.56 Å². The monoisotopic (exact) mass is 275 g/mol. The first-order valence-electron chi connectivity index (χ1n) is 5.09. The Morgan fingerprint density at radius 3 is 2.16 bits per heavy atom. The van der Waals surface area contributed by atoms with Crippen LogP contribution in [0.5, 0.6) is 0 Å². The summed E-state index contributed by atoms with van der Waals surface area (Å²) in [5.74, 6) is 2.95. The zero-order valence-corrected chi connectivity index (χ0v) is 10.2. The summed E-state index contributed by atoms with van der Waals surface area (Å²) in [5.41, 5.74) is 1.49. The lowest BCUT2D eigenvalue weighted by Gasteiger charge is -1.96. The molecule has 0 saturated carbocycles. The minimum absolute atomic E-state index is 0.0627. The highest BCUT2D eigenvalue weighted by Gasteiger charge is 2.38.